The minimum absolute atomic E-state index is 0.142. The first-order valence-electron chi connectivity index (χ1n) is 11.8. The van der Waals surface area contributed by atoms with E-state index >= 15 is 0 Å². The number of hydrogen-bond acceptors (Lipinski definition) is 2. The molecule has 32 heavy (non-hydrogen) atoms. The van der Waals surface area contributed by atoms with E-state index in [1.54, 1.807) is 0 Å². The summed E-state index contributed by atoms with van der Waals surface area (Å²) in [6.07, 6.45) is 15.5. The van der Waals surface area contributed by atoms with Crippen molar-refractivity contribution in [2.45, 2.75) is 65.3 Å². The van der Waals surface area contributed by atoms with E-state index in [9.17, 15) is 0 Å². The lowest BCUT2D eigenvalue weighted by molar-refractivity contribution is 0.550. The minimum atomic E-state index is 0.142. The summed E-state index contributed by atoms with van der Waals surface area (Å²) in [4.78, 5) is 0. The Morgan fingerprint density at radius 3 is 2.56 bits per heavy atom. The Hall–Kier alpha value is -3.14. The first-order chi connectivity index (χ1) is 15.5. The highest BCUT2D eigenvalue weighted by atomic mass is 15.3. The lowest BCUT2D eigenvalue weighted by atomic mass is 9.90. The van der Waals surface area contributed by atoms with Crippen LogP contribution in [0.25, 0.3) is 17.0 Å². The van der Waals surface area contributed by atoms with Gasteiger partial charge < -0.3 is 0 Å². The Balaban J connectivity index is 1.49. The van der Waals surface area contributed by atoms with Crippen LogP contribution in [-0.4, -0.2) is 19.6 Å². The van der Waals surface area contributed by atoms with Crippen molar-refractivity contribution in [2.75, 3.05) is 0 Å². The Morgan fingerprint density at radius 1 is 1.09 bits per heavy atom. The van der Waals surface area contributed by atoms with Crippen molar-refractivity contribution in [3.05, 3.63) is 89.9 Å². The van der Waals surface area contributed by atoms with Crippen LogP contribution in [0.3, 0.4) is 0 Å². The van der Waals surface area contributed by atoms with Crippen molar-refractivity contribution >= 4 is 5.70 Å². The van der Waals surface area contributed by atoms with E-state index in [1.165, 1.54) is 29.8 Å². The van der Waals surface area contributed by atoms with Gasteiger partial charge in [0.25, 0.3) is 0 Å². The quantitative estimate of drug-likeness (QED) is 0.340. The third kappa shape index (κ3) is 5.01. The highest BCUT2D eigenvalue weighted by Gasteiger charge is 2.17. The van der Waals surface area contributed by atoms with Gasteiger partial charge in [0.15, 0.2) is 0 Å². The van der Waals surface area contributed by atoms with Crippen molar-refractivity contribution in [1.82, 2.24) is 19.6 Å². The lowest BCUT2D eigenvalue weighted by Gasteiger charge is -2.15. The summed E-state index contributed by atoms with van der Waals surface area (Å²) in [7, 11) is 0. The van der Waals surface area contributed by atoms with Crippen LogP contribution in [0, 0.1) is 6.92 Å². The number of aryl methyl sites for hydroxylation is 1. The van der Waals surface area contributed by atoms with Gasteiger partial charge in [-0.3, -0.25) is 4.68 Å². The molecule has 0 aliphatic heterocycles. The fourth-order valence-corrected chi connectivity index (χ4v) is 4.41. The molecule has 1 aliphatic rings. The van der Waals surface area contributed by atoms with Crippen molar-refractivity contribution < 1.29 is 0 Å². The van der Waals surface area contributed by atoms with Gasteiger partial charge in [-0.25, -0.2) is 4.68 Å². The molecule has 166 valence electrons. The predicted molar refractivity (Wildman–Crippen MR) is 133 cm³/mol. The van der Waals surface area contributed by atoms with Crippen LogP contribution in [0.2, 0.25) is 0 Å². The number of aromatic nitrogens is 4. The third-order valence-corrected chi connectivity index (χ3v) is 6.28. The Labute approximate surface area is 192 Å². The largest absolute Gasteiger partial charge is 0.265 e. The van der Waals surface area contributed by atoms with E-state index in [-0.39, 0.29) is 6.04 Å². The van der Waals surface area contributed by atoms with Crippen LogP contribution >= 0.6 is 0 Å². The summed E-state index contributed by atoms with van der Waals surface area (Å²) >= 11 is 0. The molecule has 0 spiro atoms. The molecule has 4 heteroatoms. The standard InChI is InChI=1S/C28H34N4/c1-5-10-25(16-15-24-11-9-12-24)28-20-23(4)32(30-28)22(3)19-21(2)31-18-17-27(29-31)26-13-7-6-8-14-26/h6-9,11-14,17-21,25H,5,10,15-16H2,1-4H3/b22-19-. The predicted octanol–water partition coefficient (Wildman–Crippen LogP) is 7.34. The van der Waals surface area contributed by atoms with E-state index in [0.29, 0.717) is 5.92 Å². The van der Waals surface area contributed by atoms with Gasteiger partial charge >= 0.3 is 0 Å². The monoisotopic (exact) mass is 426 g/mol. The molecule has 0 amide bonds. The molecule has 4 nitrogen and oxygen atoms in total. The molecule has 0 fully saturated rings. The van der Waals surface area contributed by atoms with E-state index in [0.717, 1.165) is 29.8 Å². The molecule has 1 aliphatic carbocycles. The summed E-state index contributed by atoms with van der Waals surface area (Å²) < 4.78 is 4.12. The van der Waals surface area contributed by atoms with Crippen LogP contribution in [0.1, 0.15) is 69.8 Å². The highest BCUT2D eigenvalue weighted by molar-refractivity contribution is 5.58. The molecule has 0 bridgehead atoms. The fraction of sp³-hybridized carbons (Fsp3) is 0.357. The minimum Gasteiger partial charge on any atom is -0.265 e. The number of benzene rings is 1. The molecule has 0 radical (unpaired) electrons. The molecule has 2 aromatic heterocycles. The van der Waals surface area contributed by atoms with Crippen LogP contribution in [0.5, 0.6) is 0 Å². The van der Waals surface area contributed by atoms with Gasteiger partial charge in [-0.1, -0.05) is 61.9 Å². The second-order valence-electron chi connectivity index (χ2n) is 8.84. The van der Waals surface area contributed by atoms with Crippen LogP contribution in [0.15, 0.2) is 78.5 Å². The molecule has 4 rings (SSSR count). The average Bonchev–Trinajstić information content (AvgIpc) is 3.40. The van der Waals surface area contributed by atoms with Gasteiger partial charge in [-0.15, -0.1) is 0 Å². The number of nitrogens with zero attached hydrogens (tertiary/aromatic N) is 4. The lowest BCUT2D eigenvalue weighted by Crippen LogP contribution is -2.07. The van der Waals surface area contributed by atoms with Gasteiger partial charge in [0.2, 0.25) is 0 Å². The SMILES string of the molecule is CCCC(CCC1=CC=C1)c1cc(C)n(/C(C)=C\C(C)n2ccc(-c3ccccc3)n2)n1. The fourth-order valence-electron chi connectivity index (χ4n) is 4.41. The normalized spacial score (nSPS) is 15.4. The summed E-state index contributed by atoms with van der Waals surface area (Å²) in [6.45, 7) is 8.73. The highest BCUT2D eigenvalue weighted by Crippen LogP contribution is 2.30. The summed E-state index contributed by atoms with van der Waals surface area (Å²) in [5, 5.41) is 9.82. The zero-order chi connectivity index (χ0) is 22.5. The number of rotatable bonds is 10. The maximum Gasteiger partial charge on any atom is 0.0923 e. The molecule has 3 aromatic rings. The molecule has 2 atom stereocenters. The van der Waals surface area contributed by atoms with Gasteiger partial charge in [-0.2, -0.15) is 10.2 Å². The Morgan fingerprint density at radius 2 is 1.88 bits per heavy atom. The average molecular weight is 427 g/mol. The Kier molecular flexibility index (Phi) is 6.89. The van der Waals surface area contributed by atoms with Crippen molar-refractivity contribution in [3.63, 3.8) is 0 Å². The smallest absolute Gasteiger partial charge is 0.0923 e. The molecular weight excluding hydrogens is 392 g/mol. The van der Waals surface area contributed by atoms with E-state index < -0.39 is 0 Å². The number of hydrogen-bond donors (Lipinski definition) is 0. The van der Waals surface area contributed by atoms with Crippen molar-refractivity contribution in [2.24, 2.45) is 0 Å². The van der Waals surface area contributed by atoms with Crippen molar-refractivity contribution in [3.8, 4) is 11.3 Å². The zero-order valence-electron chi connectivity index (χ0n) is 19.7. The van der Waals surface area contributed by atoms with E-state index in [2.05, 4.69) is 87.1 Å². The summed E-state index contributed by atoms with van der Waals surface area (Å²) in [5.41, 5.74) is 7.15. The van der Waals surface area contributed by atoms with E-state index in [4.69, 9.17) is 10.2 Å². The molecule has 0 N–H and O–H groups in total. The Bertz CT molecular complexity index is 1130. The molecular formula is C28H34N4. The summed E-state index contributed by atoms with van der Waals surface area (Å²) in [6, 6.07) is 14.8. The second kappa shape index (κ2) is 9.99. The van der Waals surface area contributed by atoms with Crippen LogP contribution in [0.4, 0.5) is 0 Å². The maximum absolute atomic E-state index is 5.03. The first-order valence-corrected chi connectivity index (χ1v) is 11.8. The first kappa shape index (κ1) is 22.1. The third-order valence-electron chi connectivity index (χ3n) is 6.28. The van der Waals surface area contributed by atoms with Gasteiger partial charge in [0.05, 0.1) is 17.4 Å². The number of allylic oxidation sites excluding steroid dienone is 6. The zero-order valence-corrected chi connectivity index (χ0v) is 19.7. The van der Waals surface area contributed by atoms with Gasteiger partial charge in [0.1, 0.15) is 0 Å². The molecule has 0 saturated carbocycles. The van der Waals surface area contributed by atoms with Crippen LogP contribution in [-0.2, 0) is 0 Å². The van der Waals surface area contributed by atoms with E-state index in [1.807, 2.05) is 22.9 Å². The molecule has 1 aromatic carbocycles. The molecule has 2 heterocycles. The topological polar surface area (TPSA) is 35.6 Å². The van der Waals surface area contributed by atoms with Gasteiger partial charge in [0, 0.05) is 29.1 Å². The van der Waals surface area contributed by atoms with Crippen LogP contribution < -0.4 is 0 Å². The van der Waals surface area contributed by atoms with Gasteiger partial charge in [-0.05, 0) is 63.8 Å². The second-order valence-corrected chi connectivity index (χ2v) is 8.84. The molecule has 0 saturated heterocycles. The maximum atomic E-state index is 5.03. The molecule has 2 unspecified atom stereocenters. The van der Waals surface area contributed by atoms with Crippen molar-refractivity contribution in [1.29, 1.82) is 0 Å². The summed E-state index contributed by atoms with van der Waals surface area (Å²) in [5.74, 6) is 0.514.